The van der Waals surface area contributed by atoms with E-state index in [0.29, 0.717) is 6.61 Å². The number of nitrogens with zero attached hydrogens (tertiary/aromatic N) is 2. The molecule has 0 N–H and O–H groups in total. The summed E-state index contributed by atoms with van der Waals surface area (Å²) in [6.07, 6.45) is 0.536. The maximum atomic E-state index is 6.53. The highest BCUT2D eigenvalue weighted by Crippen LogP contribution is 2.47. The average Bonchev–Trinajstić information content (AvgIpc) is 3.42. The molecule has 2 atom stereocenters. The van der Waals surface area contributed by atoms with Crippen LogP contribution in [0.15, 0.2) is 126 Å². The van der Waals surface area contributed by atoms with Crippen LogP contribution in [0.5, 0.6) is 11.5 Å². The van der Waals surface area contributed by atoms with Gasteiger partial charge in [-0.25, -0.2) is 5.01 Å². The van der Waals surface area contributed by atoms with Crippen LogP contribution in [0.1, 0.15) is 40.9 Å². The summed E-state index contributed by atoms with van der Waals surface area (Å²) < 4.78 is 12.5. The van der Waals surface area contributed by atoms with Crippen LogP contribution in [-0.2, 0) is 6.61 Å². The first-order chi connectivity index (χ1) is 18.3. The van der Waals surface area contributed by atoms with Crippen molar-refractivity contribution in [2.24, 2.45) is 5.10 Å². The van der Waals surface area contributed by atoms with Crippen molar-refractivity contribution in [3.8, 4) is 11.5 Å². The molecule has 0 bridgehead atoms. The summed E-state index contributed by atoms with van der Waals surface area (Å²) in [4.78, 5) is 0. The number of hydrogen-bond acceptors (Lipinski definition) is 4. The topological polar surface area (TPSA) is 34.1 Å². The van der Waals surface area contributed by atoms with Crippen molar-refractivity contribution in [2.45, 2.75) is 25.3 Å². The zero-order valence-corrected chi connectivity index (χ0v) is 20.3. The van der Waals surface area contributed by atoms with Crippen LogP contribution < -0.4 is 9.47 Å². The van der Waals surface area contributed by atoms with E-state index < -0.39 is 0 Å². The molecule has 0 saturated carbocycles. The first kappa shape index (κ1) is 21.7. The van der Waals surface area contributed by atoms with E-state index in [1.54, 1.807) is 0 Å². The second-order valence-corrected chi connectivity index (χ2v) is 9.56. The van der Waals surface area contributed by atoms with Gasteiger partial charge in [0.2, 0.25) is 6.23 Å². The van der Waals surface area contributed by atoms with Gasteiger partial charge < -0.3 is 9.47 Å². The molecule has 2 unspecified atom stereocenters. The Morgan fingerprint density at radius 3 is 2.38 bits per heavy atom. The fourth-order valence-electron chi connectivity index (χ4n) is 5.27. The van der Waals surface area contributed by atoms with E-state index in [2.05, 4.69) is 89.9 Å². The van der Waals surface area contributed by atoms with E-state index in [4.69, 9.17) is 14.6 Å². The number of para-hydroxylation sites is 1. The molecule has 0 radical (unpaired) electrons. The second-order valence-electron chi connectivity index (χ2n) is 9.56. The summed E-state index contributed by atoms with van der Waals surface area (Å²) in [5.74, 6) is 1.76. The Morgan fingerprint density at radius 1 is 0.757 bits per heavy atom. The molecule has 2 aliphatic heterocycles. The predicted octanol–water partition coefficient (Wildman–Crippen LogP) is 7.66. The van der Waals surface area contributed by atoms with E-state index in [0.717, 1.165) is 40.3 Å². The molecule has 0 spiro atoms. The highest BCUT2D eigenvalue weighted by molar-refractivity contribution is 6.04. The van der Waals surface area contributed by atoms with Crippen molar-refractivity contribution < 1.29 is 9.47 Å². The van der Waals surface area contributed by atoms with Gasteiger partial charge in [0.1, 0.15) is 18.1 Å². The molecule has 5 aromatic rings. The van der Waals surface area contributed by atoms with Gasteiger partial charge in [-0.2, -0.15) is 5.10 Å². The minimum Gasteiger partial charge on any atom is -0.489 e. The van der Waals surface area contributed by atoms with Crippen molar-refractivity contribution in [1.29, 1.82) is 0 Å². The summed E-state index contributed by atoms with van der Waals surface area (Å²) in [5, 5.41) is 9.74. The Hall–Kier alpha value is -4.57. The number of rotatable bonds is 5. The summed E-state index contributed by atoms with van der Waals surface area (Å²) in [6, 6.07) is 41.9. The Bertz CT molecular complexity index is 1590. The lowest BCUT2D eigenvalue weighted by atomic mass is 9.95. The van der Waals surface area contributed by atoms with Crippen molar-refractivity contribution in [3.63, 3.8) is 0 Å². The Labute approximate surface area is 216 Å². The molecule has 4 nitrogen and oxygen atoms in total. The van der Waals surface area contributed by atoms with Gasteiger partial charge in [0.05, 0.1) is 11.8 Å². The highest BCUT2D eigenvalue weighted by atomic mass is 16.5. The monoisotopic (exact) mass is 482 g/mol. The third-order valence-electron chi connectivity index (χ3n) is 7.20. The molecule has 0 saturated heterocycles. The third-order valence-corrected chi connectivity index (χ3v) is 7.20. The molecule has 7 rings (SSSR count). The molecule has 0 amide bonds. The highest BCUT2D eigenvalue weighted by Gasteiger charge is 2.40. The van der Waals surface area contributed by atoms with E-state index in [-0.39, 0.29) is 12.3 Å². The quantitative estimate of drug-likeness (QED) is 0.258. The van der Waals surface area contributed by atoms with E-state index in [1.165, 1.54) is 16.3 Å². The summed E-state index contributed by atoms with van der Waals surface area (Å²) >= 11 is 0. The average molecular weight is 483 g/mol. The van der Waals surface area contributed by atoms with Gasteiger partial charge >= 0.3 is 0 Å². The number of hydrogen-bond donors (Lipinski definition) is 0. The molecule has 180 valence electrons. The van der Waals surface area contributed by atoms with Crippen molar-refractivity contribution >= 4 is 16.5 Å². The minimum atomic E-state index is -0.305. The molecule has 2 heterocycles. The van der Waals surface area contributed by atoms with Crippen LogP contribution in [0, 0.1) is 0 Å². The first-order valence-electron chi connectivity index (χ1n) is 12.7. The number of hydrazone groups is 1. The molecule has 4 heteroatoms. The van der Waals surface area contributed by atoms with Gasteiger partial charge in [0.25, 0.3) is 0 Å². The van der Waals surface area contributed by atoms with Crippen LogP contribution >= 0.6 is 0 Å². The van der Waals surface area contributed by atoms with Crippen LogP contribution in [0.3, 0.4) is 0 Å². The number of fused-ring (bicyclic) bond motifs is 4. The lowest BCUT2D eigenvalue weighted by Crippen LogP contribution is -2.33. The predicted molar refractivity (Wildman–Crippen MR) is 147 cm³/mol. The van der Waals surface area contributed by atoms with Gasteiger partial charge in [-0.1, -0.05) is 84.9 Å². The maximum Gasteiger partial charge on any atom is 0.213 e. The van der Waals surface area contributed by atoms with Crippen LogP contribution in [0.25, 0.3) is 10.8 Å². The number of benzene rings is 5. The third kappa shape index (κ3) is 4.11. The van der Waals surface area contributed by atoms with Crippen LogP contribution in [0.2, 0.25) is 0 Å². The van der Waals surface area contributed by atoms with Gasteiger partial charge in [-0.3, -0.25) is 0 Å². The van der Waals surface area contributed by atoms with E-state index >= 15 is 0 Å². The first-order valence-corrected chi connectivity index (χ1v) is 12.7. The fourth-order valence-corrected chi connectivity index (χ4v) is 5.27. The van der Waals surface area contributed by atoms with Crippen LogP contribution in [0.4, 0.5) is 0 Å². The van der Waals surface area contributed by atoms with E-state index in [1.807, 2.05) is 36.4 Å². The fraction of sp³-hybridized carbons (Fsp3) is 0.121. The van der Waals surface area contributed by atoms with Crippen molar-refractivity contribution in [1.82, 2.24) is 5.01 Å². The molecule has 5 aromatic carbocycles. The molecule has 0 aromatic heterocycles. The lowest BCUT2D eigenvalue weighted by Gasteiger charge is -2.38. The Balaban J connectivity index is 1.19. The SMILES string of the molecule is c1ccc(COc2ccc(C3Oc4ccccc4C4CC(c5ccc6ccccc6c5)=NN43)cc2)cc1. The maximum absolute atomic E-state index is 6.53. The largest absolute Gasteiger partial charge is 0.489 e. The van der Waals surface area contributed by atoms with Gasteiger partial charge in [-0.15, -0.1) is 0 Å². The van der Waals surface area contributed by atoms with E-state index in [9.17, 15) is 0 Å². The zero-order valence-electron chi connectivity index (χ0n) is 20.3. The molecule has 37 heavy (non-hydrogen) atoms. The second kappa shape index (κ2) is 9.14. The smallest absolute Gasteiger partial charge is 0.213 e. The summed E-state index contributed by atoms with van der Waals surface area (Å²) in [7, 11) is 0. The Morgan fingerprint density at radius 2 is 1.51 bits per heavy atom. The summed E-state index contributed by atoms with van der Waals surface area (Å²) in [6.45, 7) is 0.543. The van der Waals surface area contributed by atoms with Gasteiger partial charge in [0.15, 0.2) is 0 Å². The van der Waals surface area contributed by atoms with Crippen molar-refractivity contribution in [3.05, 3.63) is 144 Å². The number of ether oxygens (including phenoxy) is 2. The zero-order chi connectivity index (χ0) is 24.6. The molecule has 0 aliphatic carbocycles. The minimum absolute atomic E-state index is 0.130. The van der Waals surface area contributed by atoms with Gasteiger partial charge in [-0.05, 0) is 58.3 Å². The Kier molecular flexibility index (Phi) is 5.36. The normalized spacial score (nSPS) is 18.1. The van der Waals surface area contributed by atoms with Crippen molar-refractivity contribution in [2.75, 3.05) is 0 Å². The van der Waals surface area contributed by atoms with Crippen LogP contribution in [-0.4, -0.2) is 10.7 Å². The molecular formula is C33H26N2O2. The molecule has 2 aliphatic rings. The van der Waals surface area contributed by atoms with Gasteiger partial charge in [0, 0.05) is 17.5 Å². The lowest BCUT2D eigenvalue weighted by molar-refractivity contribution is -0.0190. The molecular weight excluding hydrogens is 456 g/mol. The summed E-state index contributed by atoms with van der Waals surface area (Å²) in [5.41, 5.74) is 5.63. The molecule has 0 fully saturated rings. The standard InChI is InChI=1S/C33H26N2O2/c1-2-8-23(9-3-1)22-36-28-18-16-25(17-19-28)33-35-31(29-12-6-7-13-32(29)37-33)21-30(34-35)27-15-14-24-10-4-5-11-26(24)20-27/h1-20,31,33H,21-22H2.